The van der Waals surface area contributed by atoms with Crippen LogP contribution in [0.4, 0.5) is 21.4 Å². The average Bonchev–Trinajstić information content (AvgIpc) is 3.09. The van der Waals surface area contributed by atoms with E-state index in [-0.39, 0.29) is 12.0 Å². The van der Waals surface area contributed by atoms with Crippen molar-refractivity contribution >= 4 is 24.0 Å². The molecule has 2 aromatic carbocycles. The van der Waals surface area contributed by atoms with E-state index in [1.165, 1.54) is 9.80 Å². The smallest absolute Gasteiger partial charge is 0.417 e. The Morgan fingerprint density at radius 3 is 1.71 bits per heavy atom. The largest absolute Gasteiger partial charge is 0.443 e. The van der Waals surface area contributed by atoms with E-state index in [4.69, 9.17) is 14.2 Å². The van der Waals surface area contributed by atoms with Crippen molar-refractivity contribution in [2.75, 3.05) is 30.0 Å². The van der Waals surface area contributed by atoms with E-state index in [0.29, 0.717) is 30.4 Å². The van der Waals surface area contributed by atoms with Crippen LogP contribution in [0, 0.1) is 29.6 Å². The third kappa shape index (κ3) is 8.81. The van der Waals surface area contributed by atoms with Gasteiger partial charge in [0.25, 0.3) is 0 Å². The molecule has 0 bridgehead atoms. The normalized spacial score (nSPS) is 19.1. The summed E-state index contributed by atoms with van der Waals surface area (Å²) in [6.45, 7) is 10.5. The number of nitrogens with zero attached hydrogens (tertiary/aromatic N) is 5. The zero-order valence-electron chi connectivity index (χ0n) is 28.5. The molecule has 2 fully saturated rings. The lowest BCUT2D eigenvalue weighted by Gasteiger charge is -2.41. The molecule has 2 aliphatic rings. The number of hydrogen-bond donors (Lipinski definition) is 0. The van der Waals surface area contributed by atoms with E-state index >= 15 is 0 Å². The minimum absolute atomic E-state index is 0.177. The Bertz CT molecular complexity index is 1870. The summed E-state index contributed by atoms with van der Waals surface area (Å²) >= 11 is 0. The van der Waals surface area contributed by atoms with E-state index < -0.39 is 23.4 Å². The number of cyclic esters (lactones) is 2. The van der Waals surface area contributed by atoms with Crippen LogP contribution in [0.25, 0.3) is 0 Å². The van der Waals surface area contributed by atoms with Crippen LogP contribution in [-0.4, -0.2) is 64.6 Å². The second-order valence-electron chi connectivity index (χ2n) is 12.7. The fraction of sp³-hybridized carbons (Fsp3) is 0.308. The topological polar surface area (TPSA) is 107 Å². The van der Waals surface area contributed by atoms with Gasteiger partial charge in [-0.2, -0.15) is 0 Å². The first-order chi connectivity index (χ1) is 23.4. The monoisotopic (exact) mass is 657 g/mol. The number of carbonyl (C=O) groups excluding carboxylic acids is 2. The van der Waals surface area contributed by atoms with Gasteiger partial charge in [0.2, 0.25) is 5.95 Å². The Morgan fingerprint density at radius 2 is 1.16 bits per heavy atom. The number of rotatable bonds is 3. The number of pyridine rings is 1. The van der Waals surface area contributed by atoms with Crippen LogP contribution in [0.5, 0.6) is 0 Å². The van der Waals surface area contributed by atoms with Crippen LogP contribution in [0.15, 0.2) is 91.4 Å². The second-order valence-corrected chi connectivity index (χ2v) is 12.7. The van der Waals surface area contributed by atoms with E-state index in [9.17, 15) is 9.59 Å². The lowest BCUT2D eigenvalue weighted by atomic mass is 9.91. The van der Waals surface area contributed by atoms with E-state index in [1.807, 2.05) is 101 Å². The van der Waals surface area contributed by atoms with Crippen molar-refractivity contribution in [3.63, 3.8) is 0 Å². The molecule has 4 heterocycles. The van der Waals surface area contributed by atoms with Crippen LogP contribution in [0.3, 0.4) is 0 Å². The summed E-state index contributed by atoms with van der Waals surface area (Å²) in [7, 11) is 1.61. The summed E-state index contributed by atoms with van der Waals surface area (Å²) < 4.78 is 16.4. The first-order valence-corrected chi connectivity index (χ1v) is 15.9. The number of ether oxygens (including phenoxy) is 3. The van der Waals surface area contributed by atoms with Crippen LogP contribution in [0.1, 0.15) is 56.9 Å². The molecule has 2 amide bonds. The predicted molar refractivity (Wildman–Crippen MR) is 187 cm³/mol. The highest BCUT2D eigenvalue weighted by molar-refractivity contribution is 5.88. The van der Waals surface area contributed by atoms with Crippen molar-refractivity contribution in [1.82, 2.24) is 15.0 Å². The molecule has 0 saturated carbocycles. The summed E-state index contributed by atoms with van der Waals surface area (Å²) in [4.78, 5) is 40.2. The lowest BCUT2D eigenvalue weighted by Crippen LogP contribution is -2.57. The molecule has 10 heteroatoms. The molecule has 4 aromatic rings. The number of carbonyl (C=O) groups is 2. The van der Waals surface area contributed by atoms with Crippen molar-refractivity contribution in [2.45, 2.75) is 51.9 Å². The molecule has 0 radical (unpaired) electrons. The summed E-state index contributed by atoms with van der Waals surface area (Å²) in [6, 6.07) is 23.1. The fourth-order valence-electron chi connectivity index (χ4n) is 4.94. The van der Waals surface area contributed by atoms with Gasteiger partial charge in [-0.3, -0.25) is 4.90 Å². The van der Waals surface area contributed by atoms with Crippen molar-refractivity contribution in [1.29, 1.82) is 0 Å². The van der Waals surface area contributed by atoms with Gasteiger partial charge in [0.15, 0.2) is 0 Å². The minimum Gasteiger partial charge on any atom is -0.443 e. The highest BCUT2D eigenvalue weighted by atomic mass is 16.6. The first kappa shape index (κ1) is 34.6. The van der Waals surface area contributed by atoms with Crippen LogP contribution >= 0.6 is 0 Å². The molecule has 250 valence electrons. The van der Waals surface area contributed by atoms with Crippen molar-refractivity contribution in [2.24, 2.45) is 5.92 Å². The van der Waals surface area contributed by atoms with Gasteiger partial charge in [-0.25, -0.2) is 29.4 Å². The summed E-state index contributed by atoms with van der Waals surface area (Å²) in [5.74, 6) is 13.2. The first-order valence-electron chi connectivity index (χ1n) is 15.9. The third-order valence-electron chi connectivity index (χ3n) is 8.35. The molecule has 2 unspecified atom stereocenters. The Labute approximate surface area is 287 Å². The van der Waals surface area contributed by atoms with Gasteiger partial charge in [0.1, 0.15) is 23.1 Å². The minimum atomic E-state index is -0.663. The van der Waals surface area contributed by atoms with Gasteiger partial charge in [0.05, 0.1) is 12.1 Å². The Balaban J connectivity index is 0.000000191. The van der Waals surface area contributed by atoms with Crippen LogP contribution < -0.4 is 9.80 Å². The number of anilines is 2. The maximum Gasteiger partial charge on any atom is 0.417 e. The molecule has 0 aliphatic carbocycles. The van der Waals surface area contributed by atoms with Gasteiger partial charge >= 0.3 is 12.2 Å². The van der Waals surface area contributed by atoms with Gasteiger partial charge in [-0.1, -0.05) is 67.0 Å². The van der Waals surface area contributed by atoms with E-state index in [0.717, 1.165) is 16.7 Å². The Morgan fingerprint density at radius 1 is 0.653 bits per heavy atom. The maximum absolute atomic E-state index is 12.2. The Hall–Kier alpha value is -5.71. The van der Waals surface area contributed by atoms with Gasteiger partial charge in [-0.15, -0.1) is 0 Å². The summed E-state index contributed by atoms with van der Waals surface area (Å²) in [6.07, 6.45) is 3.83. The van der Waals surface area contributed by atoms with Gasteiger partial charge in [0, 0.05) is 54.9 Å². The van der Waals surface area contributed by atoms with Crippen LogP contribution in [-0.2, 0) is 14.2 Å². The molecule has 2 aliphatic heterocycles. The third-order valence-corrected chi connectivity index (χ3v) is 8.35. The Kier molecular flexibility index (Phi) is 10.6. The van der Waals surface area contributed by atoms with Gasteiger partial charge in [-0.05, 0) is 64.1 Å². The zero-order valence-corrected chi connectivity index (χ0v) is 28.5. The maximum atomic E-state index is 12.2. The SMILES string of the molecule is CC1CN(c2ncc(C#Cc3ccccc3)cn2)C(=O)OC1(C)C.COC1CN(c2ccc(C#Cc3ccccc3)cn2)C(=O)OC1(C)C. The van der Waals surface area contributed by atoms with Crippen molar-refractivity contribution < 1.29 is 23.8 Å². The zero-order chi connectivity index (χ0) is 35.0. The number of hydrogen-bond acceptors (Lipinski definition) is 8. The number of aromatic nitrogens is 3. The molecule has 0 spiro atoms. The van der Waals surface area contributed by atoms with Crippen molar-refractivity contribution in [3.8, 4) is 23.7 Å². The molecular weight excluding hydrogens is 618 g/mol. The number of methoxy groups -OCH3 is 1. The van der Waals surface area contributed by atoms with Crippen molar-refractivity contribution in [3.05, 3.63) is 114 Å². The molecule has 49 heavy (non-hydrogen) atoms. The highest BCUT2D eigenvalue weighted by Crippen LogP contribution is 2.30. The standard InChI is InChI=1S/C20H20N2O3.C19H19N3O2/c1-20(2)17(24-3)14-22(19(23)25-20)18-12-11-16(13-21-18)10-9-15-7-5-4-6-8-15;1-14-13-22(18(23)24-19(14,2)3)17-20-11-16(12-21-17)10-9-15-7-5-4-6-8-15/h4-8,11-13,17H,14H2,1-3H3;4-8,11-12,14H,13H2,1-3H3. The number of amides is 2. The van der Waals surface area contributed by atoms with Gasteiger partial charge < -0.3 is 14.2 Å². The number of benzene rings is 2. The lowest BCUT2D eigenvalue weighted by molar-refractivity contribution is -0.0858. The van der Waals surface area contributed by atoms with Crippen LogP contribution in [0.2, 0.25) is 0 Å². The van der Waals surface area contributed by atoms with E-state index in [2.05, 4.69) is 38.6 Å². The second kappa shape index (κ2) is 15.0. The highest BCUT2D eigenvalue weighted by Gasteiger charge is 2.43. The molecule has 0 N–H and O–H groups in total. The predicted octanol–water partition coefficient (Wildman–Crippen LogP) is 6.48. The fourth-order valence-corrected chi connectivity index (χ4v) is 4.94. The molecule has 2 atom stereocenters. The summed E-state index contributed by atoms with van der Waals surface area (Å²) in [5, 5.41) is 0. The average molecular weight is 658 g/mol. The molecule has 2 aromatic heterocycles. The molecule has 10 nitrogen and oxygen atoms in total. The van der Waals surface area contributed by atoms with E-state index in [1.54, 1.807) is 31.8 Å². The quantitative estimate of drug-likeness (QED) is 0.231. The summed E-state index contributed by atoms with van der Waals surface area (Å²) in [5.41, 5.74) is 2.20. The molecule has 2 saturated heterocycles. The molecule has 6 rings (SSSR count). The molecular formula is C39H39N5O5.